The molecule has 17 heavy (non-hydrogen) atoms. The van der Waals surface area contributed by atoms with E-state index in [1.165, 1.54) is 29.4 Å². The van der Waals surface area contributed by atoms with Crippen molar-refractivity contribution in [3.8, 4) is 0 Å². The number of rotatable bonds is 3. The minimum atomic E-state index is 0.753. The van der Waals surface area contributed by atoms with Crippen LogP contribution in [0.25, 0.3) is 10.9 Å². The molecule has 0 bridgehead atoms. The van der Waals surface area contributed by atoms with Crippen LogP contribution < -0.4 is 5.32 Å². The fraction of sp³-hybridized carbons (Fsp3) is 0.400. The summed E-state index contributed by atoms with van der Waals surface area (Å²) in [5.74, 6) is 0. The van der Waals surface area contributed by atoms with Gasteiger partial charge in [0.15, 0.2) is 0 Å². The van der Waals surface area contributed by atoms with Gasteiger partial charge in [-0.15, -0.1) is 0 Å². The molecule has 3 rings (SSSR count). The number of benzene rings is 1. The third-order valence-corrected chi connectivity index (χ3v) is 3.41. The lowest BCUT2D eigenvalue weighted by Crippen LogP contribution is -2.15. The molecular weight excluding hydrogens is 208 g/mol. The predicted molar refractivity (Wildman–Crippen MR) is 71.1 cm³/mol. The summed E-state index contributed by atoms with van der Waals surface area (Å²) >= 11 is 0. The second-order valence-electron chi connectivity index (χ2n) is 5.05. The van der Waals surface area contributed by atoms with E-state index in [1.54, 1.807) is 0 Å². The highest BCUT2D eigenvalue weighted by Gasteiger charge is 2.20. The lowest BCUT2D eigenvalue weighted by Gasteiger charge is -2.10. The van der Waals surface area contributed by atoms with E-state index in [0.29, 0.717) is 0 Å². The van der Waals surface area contributed by atoms with Crippen LogP contribution >= 0.6 is 0 Å². The molecule has 1 aromatic heterocycles. The van der Waals surface area contributed by atoms with Crippen LogP contribution in [0.15, 0.2) is 24.3 Å². The highest BCUT2D eigenvalue weighted by molar-refractivity contribution is 5.85. The van der Waals surface area contributed by atoms with E-state index >= 15 is 0 Å². The first-order valence-corrected chi connectivity index (χ1v) is 6.33. The van der Waals surface area contributed by atoms with Gasteiger partial charge in [0.1, 0.15) is 0 Å². The lowest BCUT2D eigenvalue weighted by atomic mass is 10.0. The van der Waals surface area contributed by atoms with E-state index in [1.807, 2.05) is 0 Å². The van der Waals surface area contributed by atoms with E-state index < -0.39 is 0 Å². The van der Waals surface area contributed by atoms with Crippen molar-refractivity contribution in [1.29, 1.82) is 0 Å². The van der Waals surface area contributed by atoms with Crippen LogP contribution in [-0.2, 0) is 6.54 Å². The van der Waals surface area contributed by atoms with Gasteiger partial charge in [-0.05, 0) is 43.9 Å². The van der Waals surface area contributed by atoms with Crippen molar-refractivity contribution >= 4 is 10.9 Å². The normalized spacial score (nSPS) is 15.4. The number of aromatic nitrogens is 1. The Morgan fingerprint density at radius 1 is 1.29 bits per heavy atom. The minimum absolute atomic E-state index is 0.753. The van der Waals surface area contributed by atoms with Crippen molar-refractivity contribution in [3.63, 3.8) is 0 Å². The van der Waals surface area contributed by atoms with Crippen LogP contribution in [0.4, 0.5) is 0 Å². The van der Waals surface area contributed by atoms with Gasteiger partial charge in [-0.2, -0.15) is 0 Å². The summed E-state index contributed by atoms with van der Waals surface area (Å²) in [4.78, 5) is 4.65. The third-order valence-electron chi connectivity index (χ3n) is 3.41. The summed E-state index contributed by atoms with van der Waals surface area (Å²) in [7, 11) is 0. The van der Waals surface area contributed by atoms with Gasteiger partial charge in [-0.25, -0.2) is 0 Å². The molecule has 2 aromatic rings. The monoisotopic (exact) mass is 226 g/mol. The zero-order valence-corrected chi connectivity index (χ0v) is 10.5. The Hall–Kier alpha value is -1.41. The molecule has 0 unspecified atom stereocenters. The molecule has 1 heterocycles. The van der Waals surface area contributed by atoms with Gasteiger partial charge in [0, 0.05) is 23.7 Å². The molecule has 1 fully saturated rings. The van der Waals surface area contributed by atoms with Gasteiger partial charge >= 0.3 is 0 Å². The van der Waals surface area contributed by atoms with Crippen molar-refractivity contribution in [2.45, 2.75) is 39.3 Å². The van der Waals surface area contributed by atoms with Crippen molar-refractivity contribution in [2.24, 2.45) is 0 Å². The van der Waals surface area contributed by atoms with E-state index in [9.17, 15) is 0 Å². The first-order valence-electron chi connectivity index (χ1n) is 6.33. The van der Waals surface area contributed by atoms with Crippen LogP contribution in [0.1, 0.15) is 29.7 Å². The maximum Gasteiger partial charge on any atom is 0.0737 e. The molecular formula is C15H18N2. The Balaban J connectivity index is 2.05. The van der Waals surface area contributed by atoms with Crippen molar-refractivity contribution in [3.05, 3.63) is 41.1 Å². The molecule has 88 valence electrons. The summed E-state index contributed by atoms with van der Waals surface area (Å²) in [6.45, 7) is 5.17. The molecule has 0 saturated heterocycles. The number of aryl methyl sites for hydroxylation is 2. The summed E-state index contributed by atoms with van der Waals surface area (Å²) in [6, 6.07) is 9.39. The average Bonchev–Trinajstić information content (AvgIpc) is 3.11. The first-order chi connectivity index (χ1) is 8.24. The molecule has 1 aliphatic carbocycles. The van der Waals surface area contributed by atoms with Crippen molar-refractivity contribution < 1.29 is 0 Å². The molecule has 1 aromatic carbocycles. The SMILES string of the molecule is Cc1cc(CNC2CC2)c2cccc(C)c2n1. The molecule has 0 radical (unpaired) electrons. The zero-order chi connectivity index (χ0) is 11.8. The maximum absolute atomic E-state index is 4.65. The van der Waals surface area contributed by atoms with Crippen LogP contribution in [0.2, 0.25) is 0 Å². The molecule has 1 saturated carbocycles. The Morgan fingerprint density at radius 3 is 2.88 bits per heavy atom. The topological polar surface area (TPSA) is 24.9 Å². The average molecular weight is 226 g/mol. The number of fused-ring (bicyclic) bond motifs is 1. The highest BCUT2D eigenvalue weighted by Crippen LogP contribution is 2.23. The number of hydrogen-bond acceptors (Lipinski definition) is 2. The fourth-order valence-electron chi connectivity index (χ4n) is 2.29. The molecule has 0 amide bonds. The summed E-state index contributed by atoms with van der Waals surface area (Å²) in [5.41, 5.74) is 4.90. The van der Waals surface area contributed by atoms with Crippen LogP contribution in [0, 0.1) is 13.8 Å². The van der Waals surface area contributed by atoms with Crippen molar-refractivity contribution in [2.75, 3.05) is 0 Å². The van der Waals surface area contributed by atoms with Gasteiger partial charge in [0.05, 0.1) is 5.52 Å². The number of para-hydroxylation sites is 1. The quantitative estimate of drug-likeness (QED) is 0.870. The molecule has 1 N–H and O–H groups in total. The highest BCUT2D eigenvalue weighted by atomic mass is 14.9. The standard InChI is InChI=1S/C15H18N2/c1-10-4-3-5-14-12(9-16-13-6-7-13)8-11(2)17-15(10)14/h3-5,8,13,16H,6-7,9H2,1-2H3. The van der Waals surface area contributed by atoms with Gasteiger partial charge in [0.2, 0.25) is 0 Å². The van der Waals surface area contributed by atoms with E-state index in [2.05, 4.69) is 48.4 Å². The lowest BCUT2D eigenvalue weighted by molar-refractivity contribution is 0.690. The number of nitrogens with one attached hydrogen (secondary N) is 1. The molecule has 2 nitrogen and oxygen atoms in total. The van der Waals surface area contributed by atoms with Gasteiger partial charge in [-0.1, -0.05) is 18.2 Å². The number of hydrogen-bond donors (Lipinski definition) is 1. The van der Waals surface area contributed by atoms with Crippen LogP contribution in [-0.4, -0.2) is 11.0 Å². The maximum atomic E-state index is 4.65. The Kier molecular flexibility index (Phi) is 2.60. The molecule has 1 aliphatic rings. The Morgan fingerprint density at radius 2 is 2.12 bits per heavy atom. The third kappa shape index (κ3) is 2.18. The van der Waals surface area contributed by atoms with E-state index in [4.69, 9.17) is 0 Å². The van der Waals surface area contributed by atoms with Crippen molar-refractivity contribution in [1.82, 2.24) is 10.3 Å². The van der Waals surface area contributed by atoms with Crippen LogP contribution in [0.5, 0.6) is 0 Å². The summed E-state index contributed by atoms with van der Waals surface area (Å²) < 4.78 is 0. The first kappa shape index (κ1) is 10.7. The predicted octanol–water partition coefficient (Wildman–Crippen LogP) is 3.10. The molecule has 2 heteroatoms. The van der Waals surface area contributed by atoms with E-state index in [0.717, 1.165) is 23.8 Å². The number of nitrogens with zero attached hydrogens (tertiary/aromatic N) is 1. The fourth-order valence-corrected chi connectivity index (χ4v) is 2.29. The summed E-state index contributed by atoms with van der Waals surface area (Å²) in [5, 5.41) is 4.88. The van der Waals surface area contributed by atoms with E-state index in [-0.39, 0.29) is 0 Å². The van der Waals surface area contributed by atoms with Crippen LogP contribution in [0.3, 0.4) is 0 Å². The van der Waals surface area contributed by atoms with Gasteiger partial charge < -0.3 is 5.32 Å². The van der Waals surface area contributed by atoms with Gasteiger partial charge in [0.25, 0.3) is 0 Å². The largest absolute Gasteiger partial charge is 0.310 e. The van der Waals surface area contributed by atoms with Gasteiger partial charge in [-0.3, -0.25) is 4.98 Å². The molecule has 0 spiro atoms. The minimum Gasteiger partial charge on any atom is -0.310 e. The second-order valence-corrected chi connectivity index (χ2v) is 5.05. The molecule has 0 atom stereocenters. The summed E-state index contributed by atoms with van der Waals surface area (Å²) in [6.07, 6.45) is 2.67. The second kappa shape index (κ2) is 4.11. The zero-order valence-electron chi connectivity index (χ0n) is 10.5. The number of pyridine rings is 1. The smallest absolute Gasteiger partial charge is 0.0737 e. The Labute approximate surface area is 102 Å². The Bertz CT molecular complexity index is 556. The molecule has 0 aliphatic heterocycles.